The zero-order chi connectivity index (χ0) is 20.9. The van der Waals surface area contributed by atoms with Gasteiger partial charge in [0, 0.05) is 30.7 Å². The maximum Gasteiger partial charge on any atom is 0.287 e. The summed E-state index contributed by atoms with van der Waals surface area (Å²) in [5.74, 6) is 0.799. The average Bonchev–Trinajstić information content (AvgIpc) is 3.23. The van der Waals surface area contributed by atoms with Gasteiger partial charge in [-0.3, -0.25) is 4.79 Å². The van der Waals surface area contributed by atoms with Gasteiger partial charge < -0.3 is 20.0 Å². The topological polar surface area (TPSA) is 57.5 Å². The number of fused-ring (bicyclic) bond motifs is 1. The minimum Gasteiger partial charge on any atom is -0.451 e. The Morgan fingerprint density at radius 2 is 1.73 bits per heavy atom. The zero-order valence-electron chi connectivity index (χ0n) is 17.9. The van der Waals surface area contributed by atoms with Crippen molar-refractivity contribution in [2.45, 2.75) is 26.7 Å². The second-order valence-corrected chi connectivity index (χ2v) is 7.99. The molecule has 1 aromatic heterocycles. The number of carbonyl (C=O) groups is 1. The molecule has 0 spiro atoms. The van der Waals surface area contributed by atoms with E-state index >= 15 is 0 Å². The minimum absolute atomic E-state index is 0.130. The molecule has 1 amide bonds. The molecule has 5 nitrogen and oxygen atoms in total. The van der Waals surface area contributed by atoms with Crippen LogP contribution in [0.4, 0.5) is 5.69 Å². The van der Waals surface area contributed by atoms with Crippen LogP contribution in [0.25, 0.3) is 22.1 Å². The van der Waals surface area contributed by atoms with Crippen LogP contribution in [0.3, 0.4) is 0 Å². The highest BCUT2D eigenvalue weighted by molar-refractivity contribution is 5.96. The van der Waals surface area contributed by atoms with E-state index in [0.717, 1.165) is 61.1 Å². The lowest BCUT2D eigenvalue weighted by atomic mass is 9.98. The number of piperidine rings is 1. The van der Waals surface area contributed by atoms with Crippen LogP contribution in [-0.2, 0) is 0 Å². The number of benzene rings is 2. The summed E-state index contributed by atoms with van der Waals surface area (Å²) in [6.45, 7) is 9.10. The predicted octanol–water partition coefficient (Wildman–Crippen LogP) is 4.68. The largest absolute Gasteiger partial charge is 0.451 e. The molecule has 1 aliphatic rings. The molecular weight excluding hydrogens is 374 g/mol. The fraction of sp³-hybridized carbons (Fsp3) is 0.400. The molecule has 1 fully saturated rings. The molecule has 0 bridgehead atoms. The number of carbonyl (C=O) groups excluding carboxylic acids is 1. The van der Waals surface area contributed by atoms with Gasteiger partial charge in [0.05, 0.1) is 0 Å². The van der Waals surface area contributed by atoms with Gasteiger partial charge in [0.2, 0.25) is 0 Å². The minimum atomic E-state index is -0.130. The first kappa shape index (κ1) is 20.5. The lowest BCUT2D eigenvalue weighted by molar-refractivity contribution is 0.0918. The van der Waals surface area contributed by atoms with Crippen LogP contribution in [0.5, 0.6) is 0 Å². The van der Waals surface area contributed by atoms with Crippen molar-refractivity contribution in [2.24, 2.45) is 5.92 Å². The SMILES string of the molecule is CCN(CC)c1ccc(-c2ccc3cc(C(=O)NCC4CCNCC4)oc3c2)cc1. The first-order valence-electron chi connectivity index (χ1n) is 11.1. The molecule has 30 heavy (non-hydrogen) atoms. The molecule has 2 N–H and O–H groups in total. The number of furan rings is 1. The number of amides is 1. The van der Waals surface area contributed by atoms with Crippen LogP contribution in [0.1, 0.15) is 37.2 Å². The van der Waals surface area contributed by atoms with Crippen molar-refractivity contribution in [2.75, 3.05) is 37.6 Å². The van der Waals surface area contributed by atoms with Crippen LogP contribution in [0.15, 0.2) is 52.9 Å². The van der Waals surface area contributed by atoms with Crippen LogP contribution in [-0.4, -0.2) is 38.6 Å². The van der Waals surface area contributed by atoms with Crippen molar-refractivity contribution in [3.8, 4) is 11.1 Å². The Labute approximate surface area is 178 Å². The first-order valence-corrected chi connectivity index (χ1v) is 11.1. The maximum atomic E-state index is 12.5. The van der Waals surface area contributed by atoms with E-state index in [4.69, 9.17) is 4.42 Å². The zero-order valence-corrected chi connectivity index (χ0v) is 17.9. The third-order valence-corrected chi connectivity index (χ3v) is 6.08. The van der Waals surface area contributed by atoms with E-state index < -0.39 is 0 Å². The van der Waals surface area contributed by atoms with E-state index in [1.165, 1.54) is 5.69 Å². The maximum absolute atomic E-state index is 12.5. The Bertz CT molecular complexity index is 983. The summed E-state index contributed by atoms with van der Waals surface area (Å²) in [7, 11) is 0. The van der Waals surface area contributed by atoms with E-state index in [9.17, 15) is 4.79 Å². The quantitative estimate of drug-likeness (QED) is 0.599. The molecule has 2 heterocycles. The average molecular weight is 406 g/mol. The standard InChI is InChI=1S/C25H31N3O2/c1-3-28(4-2)22-9-7-19(8-10-22)20-5-6-21-16-24(30-23(21)15-20)25(29)27-17-18-11-13-26-14-12-18/h5-10,15-16,18,26H,3-4,11-14,17H2,1-2H3,(H,27,29). The smallest absolute Gasteiger partial charge is 0.287 e. The highest BCUT2D eigenvalue weighted by Crippen LogP contribution is 2.28. The molecule has 158 valence electrons. The monoisotopic (exact) mass is 405 g/mol. The molecule has 1 aliphatic heterocycles. The van der Waals surface area contributed by atoms with Crippen molar-refractivity contribution in [1.82, 2.24) is 10.6 Å². The van der Waals surface area contributed by atoms with Crippen molar-refractivity contribution in [3.05, 3.63) is 54.3 Å². The summed E-state index contributed by atoms with van der Waals surface area (Å²) in [5, 5.41) is 7.34. The van der Waals surface area contributed by atoms with Gasteiger partial charge in [0.1, 0.15) is 5.58 Å². The second-order valence-electron chi connectivity index (χ2n) is 7.99. The highest BCUT2D eigenvalue weighted by Gasteiger charge is 2.17. The highest BCUT2D eigenvalue weighted by atomic mass is 16.3. The lowest BCUT2D eigenvalue weighted by Gasteiger charge is -2.22. The summed E-state index contributed by atoms with van der Waals surface area (Å²) in [6.07, 6.45) is 2.22. The Morgan fingerprint density at radius 3 is 2.43 bits per heavy atom. The number of nitrogens with one attached hydrogen (secondary N) is 2. The number of nitrogens with zero attached hydrogens (tertiary/aromatic N) is 1. The van der Waals surface area contributed by atoms with Crippen LogP contribution in [0, 0.1) is 5.92 Å². The fourth-order valence-corrected chi connectivity index (χ4v) is 4.19. The molecule has 5 heteroatoms. The van der Waals surface area contributed by atoms with Crippen LogP contribution >= 0.6 is 0 Å². The molecule has 0 radical (unpaired) electrons. The Balaban J connectivity index is 1.47. The summed E-state index contributed by atoms with van der Waals surface area (Å²) < 4.78 is 5.90. The van der Waals surface area contributed by atoms with Gasteiger partial charge in [-0.1, -0.05) is 24.3 Å². The summed E-state index contributed by atoms with van der Waals surface area (Å²) in [5.41, 5.74) is 4.20. The van der Waals surface area contributed by atoms with Gasteiger partial charge in [0.15, 0.2) is 5.76 Å². The lowest BCUT2D eigenvalue weighted by Crippen LogP contribution is -2.35. The molecule has 1 saturated heterocycles. The van der Waals surface area contributed by atoms with Crippen LogP contribution in [0.2, 0.25) is 0 Å². The van der Waals surface area contributed by atoms with Gasteiger partial charge in [-0.2, -0.15) is 0 Å². The third-order valence-electron chi connectivity index (χ3n) is 6.08. The van der Waals surface area contributed by atoms with Gasteiger partial charge in [-0.25, -0.2) is 0 Å². The predicted molar refractivity (Wildman–Crippen MR) is 123 cm³/mol. The number of hydrogen-bond donors (Lipinski definition) is 2. The molecule has 0 aliphatic carbocycles. The van der Waals surface area contributed by atoms with E-state index in [-0.39, 0.29) is 5.91 Å². The van der Waals surface area contributed by atoms with E-state index in [0.29, 0.717) is 18.2 Å². The van der Waals surface area contributed by atoms with E-state index in [1.807, 2.05) is 18.2 Å². The number of anilines is 1. The molecule has 3 aromatic rings. The van der Waals surface area contributed by atoms with Crippen molar-refractivity contribution < 1.29 is 9.21 Å². The third kappa shape index (κ3) is 4.51. The first-order chi connectivity index (χ1) is 14.7. The Kier molecular flexibility index (Phi) is 6.38. The fourth-order valence-electron chi connectivity index (χ4n) is 4.19. The van der Waals surface area contributed by atoms with Crippen molar-refractivity contribution in [3.63, 3.8) is 0 Å². The molecule has 0 unspecified atom stereocenters. The normalized spacial score (nSPS) is 14.7. The van der Waals surface area contributed by atoms with Crippen molar-refractivity contribution in [1.29, 1.82) is 0 Å². The molecule has 2 aromatic carbocycles. The van der Waals surface area contributed by atoms with Gasteiger partial charge >= 0.3 is 0 Å². The summed E-state index contributed by atoms with van der Waals surface area (Å²) in [4.78, 5) is 14.9. The molecule has 0 atom stereocenters. The van der Waals surface area contributed by atoms with Crippen LogP contribution < -0.4 is 15.5 Å². The van der Waals surface area contributed by atoms with Gasteiger partial charge in [0.25, 0.3) is 5.91 Å². The van der Waals surface area contributed by atoms with Gasteiger partial charge in [-0.15, -0.1) is 0 Å². The van der Waals surface area contributed by atoms with Crippen molar-refractivity contribution >= 4 is 22.6 Å². The number of rotatable bonds is 7. The number of hydrogen-bond acceptors (Lipinski definition) is 4. The molecule has 0 saturated carbocycles. The Hall–Kier alpha value is -2.79. The van der Waals surface area contributed by atoms with E-state index in [2.05, 4.69) is 59.7 Å². The van der Waals surface area contributed by atoms with E-state index in [1.54, 1.807) is 0 Å². The Morgan fingerprint density at radius 1 is 1.03 bits per heavy atom. The van der Waals surface area contributed by atoms with Gasteiger partial charge in [-0.05, 0) is 81.1 Å². The summed E-state index contributed by atoms with van der Waals surface area (Å²) in [6, 6.07) is 16.6. The molecule has 4 rings (SSSR count). The molecular formula is C25H31N3O2. The second kappa shape index (κ2) is 9.35. The summed E-state index contributed by atoms with van der Waals surface area (Å²) >= 11 is 0.